The van der Waals surface area contributed by atoms with Gasteiger partial charge in [-0.15, -0.1) is 60.0 Å². The van der Waals surface area contributed by atoms with E-state index in [1.807, 2.05) is 181 Å². The molecule has 16 rings (SSSR count). The zero-order valence-corrected chi connectivity index (χ0v) is 86.3. The Morgan fingerprint density at radius 2 is 0.637 bits per heavy atom. The number of carbonyl (C=O) groups excluding carboxylic acids is 4. The molecule has 32 heteroatoms. The molecule has 0 saturated carbocycles. The van der Waals surface area contributed by atoms with Gasteiger partial charge in [0.05, 0.1) is 79.0 Å². The van der Waals surface area contributed by atoms with Crippen molar-refractivity contribution in [2.24, 2.45) is 21.7 Å². The highest BCUT2D eigenvalue weighted by Crippen LogP contribution is 2.45. The van der Waals surface area contributed by atoms with Crippen LogP contribution in [0.4, 0.5) is 0 Å². The molecular formula is C114H131N15O17. The van der Waals surface area contributed by atoms with Crippen molar-refractivity contribution in [3.63, 3.8) is 0 Å². The Kier molecular flexibility index (Phi) is 35.0. The molecular weight excluding hydrogens is 1850 g/mol. The van der Waals surface area contributed by atoms with Gasteiger partial charge >= 0.3 is 23.9 Å². The number of methoxy groups -OCH3 is 2. The molecule has 5 heterocycles. The van der Waals surface area contributed by atoms with Crippen molar-refractivity contribution in [2.75, 3.05) is 40.6 Å². The van der Waals surface area contributed by atoms with E-state index in [1.165, 1.54) is 33.4 Å². The number of hydrogen-bond donors (Lipinski definition) is 7. The topological polar surface area (TPSA) is 427 Å². The summed E-state index contributed by atoms with van der Waals surface area (Å²) in [6.07, 6.45) is 11.7. The van der Waals surface area contributed by atoms with E-state index >= 15 is 0 Å². The van der Waals surface area contributed by atoms with Crippen LogP contribution >= 0.6 is 0 Å². The molecule has 0 saturated heterocycles. The molecule has 146 heavy (non-hydrogen) atoms. The van der Waals surface area contributed by atoms with Crippen LogP contribution < -0.4 is 9.47 Å². The fourth-order valence-corrected chi connectivity index (χ4v) is 17.4. The number of carbonyl (C=O) groups is 4. The maximum absolute atomic E-state index is 12.8. The summed E-state index contributed by atoms with van der Waals surface area (Å²) in [5.41, 5.74) is 13.5. The van der Waals surface area contributed by atoms with Crippen LogP contribution in [0.1, 0.15) is 202 Å². The number of ether oxygens (including phenoxy) is 6. The van der Waals surface area contributed by atoms with Crippen LogP contribution in [0.25, 0.3) is 101 Å². The molecule has 0 aliphatic heterocycles. The van der Waals surface area contributed by atoms with Gasteiger partial charge < -0.3 is 64.2 Å². The lowest BCUT2D eigenvalue weighted by atomic mass is 9.72. The highest BCUT2D eigenvalue weighted by Gasteiger charge is 2.44. The second kappa shape index (κ2) is 47.5. The number of aryl methyl sites for hydroxylation is 3. The van der Waals surface area contributed by atoms with Gasteiger partial charge in [-0.1, -0.05) is 145 Å². The number of nitrogens with zero attached hydrogens (tertiary/aromatic N) is 15. The Morgan fingerprint density at radius 1 is 0.329 bits per heavy atom. The molecule has 0 spiro atoms. The maximum atomic E-state index is 12.8. The summed E-state index contributed by atoms with van der Waals surface area (Å²) >= 11 is 0. The molecule has 5 aromatic heterocycles. The molecule has 0 bridgehead atoms. The first-order chi connectivity index (χ1) is 69.8. The largest absolute Gasteiger partial charge is 0.507 e. The fraction of sp³-hybridized carbons (Fsp3) is 0.360. The van der Waals surface area contributed by atoms with E-state index in [9.17, 15) is 54.9 Å². The highest BCUT2D eigenvalue weighted by atomic mass is 16.5. The molecule has 764 valence electrons. The minimum Gasteiger partial charge on any atom is -0.507 e. The summed E-state index contributed by atoms with van der Waals surface area (Å²) in [7, 11) is 2.71. The van der Waals surface area contributed by atoms with E-state index < -0.39 is 21.7 Å². The summed E-state index contributed by atoms with van der Waals surface area (Å²) in [5.74, 6) is 0.753. The molecule has 32 nitrogen and oxygen atoms in total. The SMILES string of the molecule is CCC(C)(CC(C)(C)C(=O)OCCc1ccc(O)c(-n2nc3ccccc3n2)c1)C(=O)OC.CCC(C)(CC(C)(C)C(=O)OCCc1ccc(O)c(-n2nc3ccccc3n2)c1)C(=O)OC.CCCCCCOc1ccc(-c2nc(-c3ccc(C)c(C)c3O)nc(-c3ccc(OCCCCCC)c(C)c3O)n2)c(O)c1C.Cc1cc(Cc2cc(C)cc(-n3nc4ccccc4n3)c2O)c(O)c(-n2nc3ccccc3n2)c1. The van der Waals surface area contributed by atoms with Gasteiger partial charge in [-0.25, -0.2) is 15.0 Å². The fourth-order valence-electron chi connectivity index (χ4n) is 17.4. The van der Waals surface area contributed by atoms with Crippen LogP contribution in [-0.4, -0.2) is 175 Å². The van der Waals surface area contributed by atoms with Gasteiger partial charge in [-0.05, 0) is 270 Å². The Morgan fingerprint density at radius 3 is 0.945 bits per heavy atom. The number of rotatable bonds is 37. The standard InChI is InChI=1S/C37H47N3O5.C27H22N6O2.2C25H31N3O5/c1-7-9-11-13-21-44-30-19-17-28(33(42)25(30)5)36-38-35(27-16-15-23(3)24(4)32(27)41)39-37(40-36)29-18-20-31(26(6)34(29)43)45-22-14-12-10-8-2;1-16-11-18(26(34)24(13-16)32-28-20-7-3-4-8-21(20)29-32)15-19-12-17(2)14-25(27(19)35)33-30-22-9-5-6-10-23(22)31-33;2*1-6-25(4,23(31)32-5)16-24(2,3)22(30)33-14-13-17-11-12-21(29)20(15-17)28-26-18-9-7-8-10-19(18)27-28/h15-20,41-43H,7-14,21-22H2,1-6H3;3-14,34-35H,15H2,1-2H3;2*7-12,15,29H,6,13-14,16H2,1-5H3. The van der Waals surface area contributed by atoms with Crippen molar-refractivity contribution >= 4 is 68.0 Å². The number of fused-ring (bicyclic) bond motifs is 4. The van der Waals surface area contributed by atoms with E-state index in [2.05, 4.69) is 54.6 Å². The van der Waals surface area contributed by atoms with Gasteiger partial charge in [0.2, 0.25) is 0 Å². The first-order valence-electron chi connectivity index (χ1n) is 49.4. The molecule has 0 aliphatic rings. The number of esters is 4. The molecule has 16 aromatic rings. The van der Waals surface area contributed by atoms with Gasteiger partial charge in [0.1, 0.15) is 119 Å². The van der Waals surface area contributed by atoms with Crippen LogP contribution in [0.15, 0.2) is 194 Å². The Hall–Kier alpha value is -15.9. The van der Waals surface area contributed by atoms with E-state index in [0.717, 1.165) is 123 Å². The molecule has 0 aliphatic carbocycles. The normalized spacial score (nSPS) is 12.3. The lowest BCUT2D eigenvalue weighted by molar-refractivity contribution is -0.162. The minimum atomic E-state index is -0.849. The number of unbranched alkanes of at least 4 members (excludes halogenated alkanes) is 6. The highest BCUT2D eigenvalue weighted by molar-refractivity contribution is 5.84. The summed E-state index contributed by atoms with van der Waals surface area (Å²) in [6.45, 7) is 31.6. The zero-order chi connectivity index (χ0) is 105. The number of aromatic hydroxyl groups is 7. The first-order valence-corrected chi connectivity index (χ1v) is 49.4. The number of hydrogen-bond acceptors (Lipinski definition) is 28. The average Bonchev–Trinajstić information content (AvgIpc) is 0.984. The number of benzene rings is 11. The molecule has 0 fully saturated rings. The quantitative estimate of drug-likeness (QED) is 0.0108. The second-order valence-corrected chi connectivity index (χ2v) is 38.7. The maximum Gasteiger partial charge on any atom is 0.311 e. The van der Waals surface area contributed by atoms with Gasteiger partial charge in [0, 0.05) is 41.5 Å². The number of phenolic OH excluding ortho intramolecular Hbond substituents is 7. The van der Waals surface area contributed by atoms with Crippen LogP contribution in [-0.2, 0) is 57.4 Å². The van der Waals surface area contributed by atoms with E-state index in [0.29, 0.717) is 137 Å². The van der Waals surface area contributed by atoms with E-state index in [4.69, 9.17) is 43.4 Å². The molecule has 2 atom stereocenters. The van der Waals surface area contributed by atoms with Gasteiger partial charge in [0.25, 0.3) is 0 Å². The molecule has 0 amide bonds. The van der Waals surface area contributed by atoms with Gasteiger partial charge in [-0.3, -0.25) is 19.2 Å². The lowest BCUT2D eigenvalue weighted by Gasteiger charge is -2.33. The third kappa shape index (κ3) is 25.5. The van der Waals surface area contributed by atoms with Gasteiger partial charge in [-0.2, -0.15) is 0 Å². The second-order valence-electron chi connectivity index (χ2n) is 38.7. The van der Waals surface area contributed by atoms with Crippen molar-refractivity contribution in [2.45, 2.75) is 207 Å². The van der Waals surface area contributed by atoms with Gasteiger partial charge in [0.15, 0.2) is 17.5 Å². The Labute approximate surface area is 849 Å². The van der Waals surface area contributed by atoms with Crippen molar-refractivity contribution in [3.8, 4) is 109 Å². The summed E-state index contributed by atoms with van der Waals surface area (Å²) in [6, 6.07) is 58.5. The van der Waals surface area contributed by atoms with E-state index in [-0.39, 0.29) is 94.8 Å². The van der Waals surface area contributed by atoms with Crippen molar-refractivity contribution < 1.29 is 83.3 Å². The smallest absolute Gasteiger partial charge is 0.311 e. The molecule has 11 aromatic carbocycles. The average molecular weight is 1980 g/mol. The van der Waals surface area contributed by atoms with E-state index in [1.54, 1.807) is 110 Å². The zero-order valence-electron chi connectivity index (χ0n) is 86.3. The van der Waals surface area contributed by atoms with Crippen LogP contribution in [0.3, 0.4) is 0 Å². The van der Waals surface area contributed by atoms with Crippen molar-refractivity contribution in [1.82, 2.24) is 74.9 Å². The number of phenols is 7. The van der Waals surface area contributed by atoms with Crippen LogP contribution in [0.5, 0.6) is 51.7 Å². The third-order valence-electron chi connectivity index (χ3n) is 26.4. The summed E-state index contributed by atoms with van der Waals surface area (Å²) < 4.78 is 32.9. The van der Waals surface area contributed by atoms with Crippen LogP contribution in [0, 0.1) is 63.2 Å². The monoisotopic (exact) mass is 1980 g/mol. The Balaban J connectivity index is 0.000000164. The van der Waals surface area contributed by atoms with Crippen molar-refractivity contribution in [3.05, 3.63) is 250 Å². The summed E-state index contributed by atoms with van der Waals surface area (Å²) in [5, 5.41) is 112. The predicted molar refractivity (Wildman–Crippen MR) is 561 cm³/mol. The van der Waals surface area contributed by atoms with Crippen molar-refractivity contribution in [1.29, 1.82) is 0 Å². The summed E-state index contributed by atoms with van der Waals surface area (Å²) in [4.78, 5) is 69.7. The molecule has 7 N–H and O–H groups in total. The molecule has 0 radical (unpaired) electrons. The number of aromatic nitrogens is 15. The third-order valence-corrected chi connectivity index (χ3v) is 26.4. The lowest BCUT2D eigenvalue weighted by Crippen LogP contribution is -2.38. The first kappa shape index (κ1) is 107. The molecule has 2 unspecified atom stereocenters. The van der Waals surface area contributed by atoms with Crippen LogP contribution in [0.2, 0.25) is 0 Å². The predicted octanol–water partition coefficient (Wildman–Crippen LogP) is 22.3. The Bertz CT molecular complexity index is 6840. The minimum absolute atomic E-state index is 0.000639.